The summed E-state index contributed by atoms with van der Waals surface area (Å²) in [7, 11) is 0. The van der Waals surface area contributed by atoms with Gasteiger partial charge in [-0.1, -0.05) is 0 Å². The molecule has 0 N–H and O–H groups in total. The SMILES string of the molecule is CCCCCC/C=C/C(=[CH]/[Ge]([c]1ccccc1)([c]1ccccc1)[c]1ccccc1)CCCCCC. The molecule has 184 valence electrons. The van der Waals surface area contributed by atoms with Crippen LogP contribution in [0.15, 0.2) is 114 Å². The first-order valence-corrected chi connectivity index (χ1v) is 18.2. The van der Waals surface area contributed by atoms with Crippen LogP contribution in [0.3, 0.4) is 0 Å². The van der Waals surface area contributed by atoms with Gasteiger partial charge >= 0.3 is 218 Å². The number of benzene rings is 3. The summed E-state index contributed by atoms with van der Waals surface area (Å²) in [5.41, 5.74) is 1.54. The quantitative estimate of drug-likeness (QED) is 0.107. The topological polar surface area (TPSA) is 0 Å². The second kappa shape index (κ2) is 15.6. The van der Waals surface area contributed by atoms with E-state index in [1.807, 2.05) is 0 Å². The van der Waals surface area contributed by atoms with E-state index in [1.165, 1.54) is 83.0 Å². The average molecular weight is 525 g/mol. The molecule has 35 heavy (non-hydrogen) atoms. The fraction of sp³-hybridized carbons (Fsp3) is 0.353. The second-order valence-electron chi connectivity index (χ2n) is 9.69. The van der Waals surface area contributed by atoms with Crippen LogP contribution in [0, 0.1) is 0 Å². The first-order valence-electron chi connectivity index (χ1n) is 13.9. The number of unbranched alkanes of at least 4 members (excludes halogenated alkanes) is 7. The van der Waals surface area contributed by atoms with E-state index >= 15 is 0 Å². The third kappa shape index (κ3) is 8.11. The van der Waals surface area contributed by atoms with Gasteiger partial charge < -0.3 is 0 Å². The Kier molecular flexibility index (Phi) is 12.2. The van der Waals surface area contributed by atoms with Crippen LogP contribution in [0.4, 0.5) is 0 Å². The third-order valence-electron chi connectivity index (χ3n) is 6.96. The van der Waals surface area contributed by atoms with E-state index < -0.39 is 13.3 Å². The van der Waals surface area contributed by atoms with Crippen LogP contribution >= 0.6 is 0 Å². The Morgan fingerprint density at radius 1 is 0.571 bits per heavy atom. The van der Waals surface area contributed by atoms with Crippen molar-refractivity contribution in [3.8, 4) is 0 Å². The minimum atomic E-state index is -3.06. The zero-order chi connectivity index (χ0) is 24.6. The van der Waals surface area contributed by atoms with Gasteiger partial charge in [0.05, 0.1) is 0 Å². The van der Waals surface area contributed by atoms with Crippen LogP contribution in [-0.2, 0) is 0 Å². The number of allylic oxidation sites excluding steroid dienone is 3. The summed E-state index contributed by atoms with van der Waals surface area (Å²) in [5, 5.41) is 0. The van der Waals surface area contributed by atoms with E-state index in [1.54, 1.807) is 0 Å². The van der Waals surface area contributed by atoms with Crippen LogP contribution in [-0.4, -0.2) is 13.3 Å². The first-order chi connectivity index (χ1) is 17.3. The van der Waals surface area contributed by atoms with Gasteiger partial charge in [-0.15, -0.1) is 0 Å². The molecule has 0 spiro atoms. The van der Waals surface area contributed by atoms with Gasteiger partial charge in [-0.05, 0) is 0 Å². The van der Waals surface area contributed by atoms with Gasteiger partial charge in [0.2, 0.25) is 0 Å². The molecule has 0 heterocycles. The van der Waals surface area contributed by atoms with Crippen molar-refractivity contribution in [2.75, 3.05) is 0 Å². The molecule has 0 unspecified atom stereocenters. The zero-order valence-corrected chi connectivity index (χ0v) is 24.1. The standard InChI is InChI=1S/C34H44Ge/c1-3-5-7-9-10-15-23-31(22-14-8-6-4-2)30-35(32-24-16-11-17-25-32,33-26-18-12-19-27-33)34-28-20-13-21-29-34/h11-13,15-21,23-30H,3-10,14,22H2,1-2H3/b23-15+,31-30+. The molecule has 0 aliphatic carbocycles. The van der Waals surface area contributed by atoms with E-state index in [4.69, 9.17) is 0 Å². The molecule has 0 aliphatic rings. The molecule has 0 aromatic heterocycles. The fourth-order valence-corrected chi connectivity index (χ4v) is 14.4. The Hall–Kier alpha value is -2.32. The van der Waals surface area contributed by atoms with Gasteiger partial charge in [0.1, 0.15) is 0 Å². The number of hydrogen-bond donors (Lipinski definition) is 0. The normalized spacial score (nSPS) is 12.3. The molecule has 0 saturated heterocycles. The Labute approximate surface area is 217 Å². The molecular formula is C34H44Ge. The van der Waals surface area contributed by atoms with Gasteiger partial charge in [-0.25, -0.2) is 0 Å². The van der Waals surface area contributed by atoms with Gasteiger partial charge in [0.25, 0.3) is 0 Å². The molecule has 3 aromatic carbocycles. The van der Waals surface area contributed by atoms with Crippen molar-refractivity contribution >= 4 is 26.5 Å². The van der Waals surface area contributed by atoms with Crippen LogP contribution in [0.5, 0.6) is 0 Å². The van der Waals surface area contributed by atoms with Gasteiger partial charge in [0.15, 0.2) is 0 Å². The van der Waals surface area contributed by atoms with E-state index in [0.29, 0.717) is 0 Å². The maximum atomic E-state index is 2.76. The van der Waals surface area contributed by atoms with E-state index in [0.717, 1.165) is 0 Å². The van der Waals surface area contributed by atoms with Crippen LogP contribution in [0.2, 0.25) is 0 Å². The summed E-state index contributed by atoms with van der Waals surface area (Å²) in [4.78, 5) is 2.76. The second-order valence-corrected chi connectivity index (χ2v) is 17.3. The van der Waals surface area contributed by atoms with E-state index in [9.17, 15) is 0 Å². The Morgan fingerprint density at radius 3 is 1.49 bits per heavy atom. The van der Waals surface area contributed by atoms with Crippen molar-refractivity contribution in [1.29, 1.82) is 0 Å². The van der Waals surface area contributed by atoms with E-state index in [2.05, 4.69) is 122 Å². The van der Waals surface area contributed by atoms with Gasteiger partial charge in [-0.3, -0.25) is 0 Å². The van der Waals surface area contributed by atoms with Crippen molar-refractivity contribution in [3.63, 3.8) is 0 Å². The monoisotopic (exact) mass is 526 g/mol. The summed E-state index contributed by atoms with van der Waals surface area (Å²) >= 11 is -3.06. The van der Waals surface area contributed by atoms with Crippen LogP contribution in [0.25, 0.3) is 0 Å². The summed E-state index contributed by atoms with van der Waals surface area (Å²) in [6.07, 6.45) is 17.8. The Bertz CT molecular complexity index is 906. The summed E-state index contributed by atoms with van der Waals surface area (Å²) in [6.45, 7) is 4.59. The molecule has 3 aromatic rings. The van der Waals surface area contributed by atoms with Crippen molar-refractivity contribution in [2.45, 2.75) is 78.1 Å². The fourth-order valence-electron chi connectivity index (χ4n) is 5.01. The van der Waals surface area contributed by atoms with Gasteiger partial charge in [0, 0.05) is 0 Å². The maximum absolute atomic E-state index is 3.06. The third-order valence-corrected chi connectivity index (χ3v) is 16.5. The Balaban J connectivity index is 2.10. The average Bonchev–Trinajstić information content (AvgIpc) is 2.92. The molecule has 0 atom stereocenters. The molecule has 3 rings (SSSR count). The molecule has 0 nitrogen and oxygen atoms in total. The van der Waals surface area contributed by atoms with Gasteiger partial charge in [-0.2, -0.15) is 0 Å². The molecule has 0 bridgehead atoms. The molecule has 1 heteroatoms. The van der Waals surface area contributed by atoms with Crippen molar-refractivity contribution in [1.82, 2.24) is 0 Å². The van der Waals surface area contributed by atoms with Crippen LogP contribution < -0.4 is 13.2 Å². The van der Waals surface area contributed by atoms with Crippen molar-refractivity contribution in [2.24, 2.45) is 0 Å². The summed E-state index contributed by atoms with van der Waals surface area (Å²) in [5.74, 6) is 0. The van der Waals surface area contributed by atoms with Crippen molar-refractivity contribution in [3.05, 3.63) is 114 Å². The molecule has 0 radical (unpaired) electrons. The summed E-state index contributed by atoms with van der Waals surface area (Å²) in [6, 6.07) is 34.0. The molecular weight excluding hydrogens is 481 g/mol. The number of rotatable bonds is 15. The van der Waals surface area contributed by atoms with E-state index in [-0.39, 0.29) is 0 Å². The predicted molar refractivity (Wildman–Crippen MR) is 159 cm³/mol. The van der Waals surface area contributed by atoms with Crippen LogP contribution in [0.1, 0.15) is 78.1 Å². The Morgan fingerprint density at radius 2 is 1.03 bits per heavy atom. The molecule has 0 amide bonds. The predicted octanol–water partition coefficient (Wildman–Crippen LogP) is 8.12. The van der Waals surface area contributed by atoms with Crippen molar-refractivity contribution < 1.29 is 0 Å². The minimum absolute atomic E-state index is 1.17. The molecule has 0 saturated carbocycles. The zero-order valence-electron chi connectivity index (χ0n) is 22.0. The molecule has 0 aliphatic heterocycles. The number of hydrogen-bond acceptors (Lipinski definition) is 0. The summed E-state index contributed by atoms with van der Waals surface area (Å²) < 4.78 is 4.52. The molecule has 0 fully saturated rings. The first kappa shape index (κ1) is 27.3.